The van der Waals surface area contributed by atoms with Crippen LogP contribution in [0.4, 0.5) is 0 Å². The molecule has 0 aliphatic heterocycles. The smallest absolute Gasteiger partial charge is 0.217 e. The summed E-state index contributed by atoms with van der Waals surface area (Å²) >= 11 is 0. The molecule has 0 aromatic rings. The fraction of sp³-hybridized carbons (Fsp3) is 0.926. The summed E-state index contributed by atoms with van der Waals surface area (Å²) in [5, 5.41) is 60.6. The fourth-order valence-electron chi connectivity index (χ4n) is 5.38. The van der Waals surface area contributed by atoms with Gasteiger partial charge in [-0.25, -0.2) is 0 Å². The van der Waals surface area contributed by atoms with Crippen LogP contribution in [-0.4, -0.2) is 129 Å². The van der Waals surface area contributed by atoms with Crippen molar-refractivity contribution < 1.29 is 49.7 Å². The molecule has 8 N–H and O–H groups in total. The van der Waals surface area contributed by atoms with Gasteiger partial charge in [0.05, 0.1) is 44.2 Å². The first-order valence-electron chi connectivity index (χ1n) is 14.3. The van der Waals surface area contributed by atoms with Gasteiger partial charge in [-0.15, -0.1) is 0 Å². The van der Waals surface area contributed by atoms with E-state index in [0.717, 1.165) is 12.8 Å². The van der Waals surface area contributed by atoms with Gasteiger partial charge in [-0.2, -0.15) is 0 Å². The highest BCUT2D eigenvalue weighted by Gasteiger charge is 2.42. The number of carbonyl (C=O) groups excluding carboxylic acids is 2. The third-order valence-corrected chi connectivity index (χ3v) is 8.04. The Morgan fingerprint density at radius 3 is 1.56 bits per heavy atom. The zero-order valence-electron chi connectivity index (χ0n) is 23.3. The lowest BCUT2D eigenvalue weighted by molar-refractivity contribution is -0.174. The van der Waals surface area contributed by atoms with Crippen LogP contribution in [0.1, 0.15) is 65.2 Å². The first kappa shape index (κ1) is 34.0. The molecule has 12 nitrogen and oxygen atoms in total. The third-order valence-electron chi connectivity index (χ3n) is 8.04. The predicted octanol–water partition coefficient (Wildman–Crippen LogP) is -1.30. The third kappa shape index (κ3) is 10.9. The Morgan fingerprint density at radius 2 is 1.13 bits per heavy atom. The van der Waals surface area contributed by atoms with E-state index in [2.05, 4.69) is 0 Å². The maximum Gasteiger partial charge on any atom is 0.217 e. The monoisotopic (exact) mass is 562 g/mol. The van der Waals surface area contributed by atoms with Crippen LogP contribution in [0.2, 0.25) is 0 Å². The van der Waals surface area contributed by atoms with Gasteiger partial charge in [0.2, 0.25) is 5.91 Å². The molecular formula is C27H50N2O10. The Bertz CT molecular complexity index is 703. The molecule has 2 rings (SSSR count). The van der Waals surface area contributed by atoms with Crippen molar-refractivity contribution in [2.75, 3.05) is 32.8 Å². The van der Waals surface area contributed by atoms with Crippen molar-refractivity contribution in [3.05, 3.63) is 0 Å². The van der Waals surface area contributed by atoms with Gasteiger partial charge in [-0.05, 0) is 37.5 Å². The average Bonchev–Trinajstić information content (AvgIpc) is 2.89. The average molecular weight is 563 g/mol. The standard InChI is InChI=1S/C27H50N2O10/c1-16-13-19(24(34)26(36)22(16)32)38-11-9-29(15-18(30)7-5-3-4-6-8-21(28)31)10-12-39-20-14-17(2)23(33)27(37)25(20)35/h16-17,19-20,22-27,32-37H,3-15H2,1-2H3,(H2,28,31)/t16-,17-,19-,20-,22-,23-,24-,25-,26-,27-/m1/s1. The number of nitrogens with two attached hydrogens (primary N) is 1. The predicted molar refractivity (Wildman–Crippen MR) is 141 cm³/mol. The minimum Gasteiger partial charge on any atom is -0.390 e. The van der Waals surface area contributed by atoms with Gasteiger partial charge in [0.25, 0.3) is 0 Å². The largest absolute Gasteiger partial charge is 0.390 e. The molecule has 0 saturated heterocycles. The van der Waals surface area contributed by atoms with Crippen LogP contribution in [0.5, 0.6) is 0 Å². The van der Waals surface area contributed by atoms with Crippen LogP contribution in [0.3, 0.4) is 0 Å². The first-order chi connectivity index (χ1) is 18.4. The number of aliphatic hydroxyl groups excluding tert-OH is 6. The van der Waals surface area contributed by atoms with Crippen LogP contribution in [0.25, 0.3) is 0 Å². The van der Waals surface area contributed by atoms with Gasteiger partial charge >= 0.3 is 0 Å². The molecule has 0 unspecified atom stereocenters. The van der Waals surface area contributed by atoms with Gasteiger partial charge in [0.15, 0.2) is 0 Å². The number of nitrogens with zero attached hydrogens (tertiary/aromatic N) is 1. The number of primary amides is 1. The van der Waals surface area contributed by atoms with E-state index < -0.39 is 48.8 Å². The molecule has 0 aromatic carbocycles. The summed E-state index contributed by atoms with van der Waals surface area (Å²) in [7, 11) is 0. The van der Waals surface area contributed by atoms with E-state index in [0.29, 0.717) is 51.6 Å². The molecule has 12 heteroatoms. The van der Waals surface area contributed by atoms with E-state index in [1.165, 1.54) is 0 Å². The van der Waals surface area contributed by atoms with Gasteiger partial charge in [-0.3, -0.25) is 14.5 Å². The molecule has 2 fully saturated rings. The Balaban J connectivity index is 1.85. The van der Waals surface area contributed by atoms with Crippen LogP contribution < -0.4 is 5.73 Å². The van der Waals surface area contributed by atoms with E-state index in [9.17, 15) is 40.2 Å². The topological polar surface area (TPSA) is 203 Å². The molecule has 2 aliphatic rings. The molecule has 228 valence electrons. The lowest BCUT2D eigenvalue weighted by Gasteiger charge is -2.39. The molecular weight excluding hydrogens is 512 g/mol. The van der Waals surface area contributed by atoms with Crippen LogP contribution in [0, 0.1) is 11.8 Å². The molecule has 1 amide bonds. The highest BCUT2D eigenvalue weighted by Crippen LogP contribution is 2.28. The van der Waals surface area contributed by atoms with E-state index in [1.54, 1.807) is 13.8 Å². The van der Waals surface area contributed by atoms with Crippen LogP contribution in [-0.2, 0) is 19.1 Å². The second kappa shape index (κ2) is 16.9. The number of hydrogen-bond acceptors (Lipinski definition) is 11. The maximum absolute atomic E-state index is 12.7. The lowest BCUT2D eigenvalue weighted by Crippen LogP contribution is -2.54. The summed E-state index contributed by atoms with van der Waals surface area (Å²) < 4.78 is 11.7. The van der Waals surface area contributed by atoms with Gasteiger partial charge < -0.3 is 45.8 Å². The van der Waals surface area contributed by atoms with Crippen molar-refractivity contribution in [3.8, 4) is 0 Å². The molecule has 10 atom stereocenters. The molecule has 0 heterocycles. The second-order valence-electron chi connectivity index (χ2n) is 11.4. The van der Waals surface area contributed by atoms with Gasteiger partial charge in [-0.1, -0.05) is 26.7 Å². The highest BCUT2D eigenvalue weighted by atomic mass is 16.5. The lowest BCUT2D eigenvalue weighted by atomic mass is 9.82. The Labute approximate surface area is 231 Å². The molecule has 2 saturated carbocycles. The zero-order valence-corrected chi connectivity index (χ0v) is 23.3. The Morgan fingerprint density at radius 1 is 0.692 bits per heavy atom. The minimum atomic E-state index is -1.29. The molecule has 0 aromatic heterocycles. The summed E-state index contributed by atoms with van der Waals surface area (Å²) in [5.41, 5.74) is 5.15. The van der Waals surface area contributed by atoms with E-state index in [-0.39, 0.29) is 43.3 Å². The summed E-state index contributed by atoms with van der Waals surface area (Å²) in [4.78, 5) is 25.4. The van der Waals surface area contributed by atoms with Crippen molar-refractivity contribution in [2.24, 2.45) is 17.6 Å². The van der Waals surface area contributed by atoms with E-state index in [1.807, 2.05) is 4.90 Å². The van der Waals surface area contributed by atoms with Crippen molar-refractivity contribution in [2.45, 2.75) is 114 Å². The number of ether oxygens (including phenoxy) is 2. The summed E-state index contributed by atoms with van der Waals surface area (Å²) in [6.45, 7) is 4.80. The Hall–Kier alpha value is -1.22. The van der Waals surface area contributed by atoms with Crippen molar-refractivity contribution in [3.63, 3.8) is 0 Å². The van der Waals surface area contributed by atoms with E-state index >= 15 is 0 Å². The van der Waals surface area contributed by atoms with Crippen molar-refractivity contribution >= 4 is 11.7 Å². The summed E-state index contributed by atoms with van der Waals surface area (Å²) in [6.07, 6.45) is -3.72. The summed E-state index contributed by atoms with van der Waals surface area (Å²) in [6, 6.07) is 0. The number of ketones is 1. The number of amides is 1. The second-order valence-corrected chi connectivity index (χ2v) is 11.4. The molecule has 2 aliphatic carbocycles. The zero-order chi connectivity index (χ0) is 29.1. The minimum absolute atomic E-state index is 0.0413. The number of aliphatic hydroxyl groups is 6. The van der Waals surface area contributed by atoms with E-state index in [4.69, 9.17) is 15.2 Å². The number of Topliss-reactive ketones (excluding diaryl/α,β-unsaturated/α-hetero) is 1. The van der Waals surface area contributed by atoms with Crippen LogP contribution in [0.15, 0.2) is 0 Å². The quantitative estimate of drug-likeness (QED) is 0.104. The fourth-order valence-corrected chi connectivity index (χ4v) is 5.38. The molecule has 0 bridgehead atoms. The van der Waals surface area contributed by atoms with Gasteiger partial charge in [0.1, 0.15) is 30.2 Å². The normalized spacial score (nSPS) is 35.3. The first-order valence-corrected chi connectivity index (χ1v) is 14.3. The summed E-state index contributed by atoms with van der Waals surface area (Å²) in [5.74, 6) is -0.756. The van der Waals surface area contributed by atoms with Crippen LogP contribution >= 0.6 is 0 Å². The number of carbonyl (C=O) groups is 2. The van der Waals surface area contributed by atoms with Crippen molar-refractivity contribution in [1.82, 2.24) is 4.90 Å². The SMILES string of the molecule is C[C@@H]1C[C@@H](OCCN(CCO[C@@H]2C[C@@H](C)[C@@H](O)[C@@H](O)[C@@H]2O)CC(=O)CCCCCCC(N)=O)[C@@H](O)[C@H](O)[C@@H]1O. The number of hydrogen-bond donors (Lipinski definition) is 7. The Kier molecular flexibility index (Phi) is 14.7. The molecule has 0 spiro atoms. The number of unbranched alkanes of at least 4 members (excludes halogenated alkanes) is 3. The number of rotatable bonds is 17. The maximum atomic E-state index is 12.7. The molecule has 39 heavy (non-hydrogen) atoms. The molecule has 0 radical (unpaired) electrons. The van der Waals surface area contributed by atoms with Gasteiger partial charge in [0, 0.05) is 25.9 Å². The highest BCUT2D eigenvalue weighted by molar-refractivity contribution is 5.80. The van der Waals surface area contributed by atoms with Crippen molar-refractivity contribution in [1.29, 1.82) is 0 Å².